The number of hydrogen-bond acceptors (Lipinski definition) is 6. The Morgan fingerprint density at radius 1 is 1.29 bits per heavy atom. The zero-order valence-corrected chi connectivity index (χ0v) is 17.3. The summed E-state index contributed by atoms with van der Waals surface area (Å²) in [6.07, 6.45) is 3.55. The molecule has 0 atom stereocenters. The number of carbonyl (C=O) groups is 1. The van der Waals surface area contributed by atoms with E-state index in [9.17, 15) is 19.3 Å². The fourth-order valence-corrected chi connectivity index (χ4v) is 3.63. The number of methoxy groups -OCH3 is 1. The summed E-state index contributed by atoms with van der Waals surface area (Å²) in [5, 5.41) is 14.5. The van der Waals surface area contributed by atoms with E-state index in [0.29, 0.717) is 27.7 Å². The van der Waals surface area contributed by atoms with Gasteiger partial charge in [0.25, 0.3) is 5.91 Å². The lowest BCUT2D eigenvalue weighted by Gasteiger charge is -2.12. The fraction of sp³-hybridized carbons (Fsp3) is 0.238. The largest absolute Gasteiger partial charge is 0.496 e. The third kappa shape index (κ3) is 4.33. The molecule has 2 aliphatic rings. The molecule has 31 heavy (non-hydrogen) atoms. The van der Waals surface area contributed by atoms with Gasteiger partial charge in [-0.25, -0.2) is 4.39 Å². The molecule has 1 heterocycles. The van der Waals surface area contributed by atoms with Crippen LogP contribution in [0.4, 0.5) is 10.1 Å². The number of benzene rings is 2. The normalized spacial score (nSPS) is 17.1. The van der Waals surface area contributed by atoms with Gasteiger partial charge in [-0.1, -0.05) is 6.07 Å². The van der Waals surface area contributed by atoms with Crippen molar-refractivity contribution < 1.29 is 23.6 Å². The SMILES string of the molecule is COc1ccc(/C=C2\NC(=S)N(C3CC3)C2=O)cc1COc1cc(F)ccc1[N+](=O)[O-]. The molecule has 2 aromatic carbocycles. The van der Waals surface area contributed by atoms with Gasteiger partial charge in [0.05, 0.1) is 12.0 Å². The maximum Gasteiger partial charge on any atom is 0.311 e. The van der Waals surface area contributed by atoms with Crippen molar-refractivity contribution in [3.63, 3.8) is 0 Å². The van der Waals surface area contributed by atoms with Crippen molar-refractivity contribution >= 4 is 35.0 Å². The third-order valence-corrected chi connectivity index (χ3v) is 5.24. The maximum absolute atomic E-state index is 13.5. The lowest BCUT2D eigenvalue weighted by atomic mass is 10.1. The van der Waals surface area contributed by atoms with E-state index in [2.05, 4.69) is 5.32 Å². The van der Waals surface area contributed by atoms with Gasteiger partial charge in [-0.2, -0.15) is 0 Å². The number of amides is 1. The topological polar surface area (TPSA) is 93.9 Å². The Kier molecular flexibility index (Phi) is 5.55. The van der Waals surface area contributed by atoms with Crippen LogP contribution in [0.5, 0.6) is 11.5 Å². The van der Waals surface area contributed by atoms with Crippen molar-refractivity contribution in [2.24, 2.45) is 0 Å². The Labute approximate surface area is 182 Å². The van der Waals surface area contributed by atoms with Gasteiger partial charge in [0, 0.05) is 23.7 Å². The first-order valence-electron chi connectivity index (χ1n) is 9.47. The van der Waals surface area contributed by atoms with Crippen LogP contribution in [0.1, 0.15) is 24.0 Å². The minimum atomic E-state index is -0.645. The number of rotatable bonds is 7. The second kappa shape index (κ2) is 8.31. The second-order valence-electron chi connectivity index (χ2n) is 7.12. The van der Waals surface area contributed by atoms with E-state index in [-0.39, 0.29) is 30.0 Å². The van der Waals surface area contributed by atoms with Crippen LogP contribution in [0.2, 0.25) is 0 Å². The minimum Gasteiger partial charge on any atom is -0.496 e. The first-order valence-corrected chi connectivity index (χ1v) is 9.88. The molecule has 1 saturated carbocycles. The number of nitro benzene ring substituents is 1. The Morgan fingerprint density at radius 3 is 2.74 bits per heavy atom. The highest BCUT2D eigenvalue weighted by Crippen LogP contribution is 2.32. The Hall–Kier alpha value is -3.53. The highest BCUT2D eigenvalue weighted by Gasteiger charge is 2.41. The summed E-state index contributed by atoms with van der Waals surface area (Å²) in [7, 11) is 1.48. The monoisotopic (exact) mass is 443 g/mol. The molecule has 1 N–H and O–H groups in total. The molecule has 1 amide bonds. The van der Waals surface area contributed by atoms with Crippen molar-refractivity contribution in [2.45, 2.75) is 25.5 Å². The van der Waals surface area contributed by atoms with E-state index in [1.165, 1.54) is 7.11 Å². The van der Waals surface area contributed by atoms with Gasteiger partial charge < -0.3 is 14.8 Å². The molecule has 10 heteroatoms. The smallest absolute Gasteiger partial charge is 0.311 e. The molecule has 0 spiro atoms. The van der Waals surface area contributed by atoms with Crippen LogP contribution in [-0.4, -0.2) is 34.0 Å². The molecule has 0 aromatic heterocycles. The summed E-state index contributed by atoms with van der Waals surface area (Å²) in [4.78, 5) is 24.7. The quantitative estimate of drug-likeness (QED) is 0.303. The zero-order chi connectivity index (χ0) is 22.1. The van der Waals surface area contributed by atoms with Crippen LogP contribution in [0, 0.1) is 15.9 Å². The number of nitro groups is 1. The predicted octanol–water partition coefficient (Wildman–Crippen LogP) is 3.54. The van der Waals surface area contributed by atoms with Crippen LogP contribution in [0.3, 0.4) is 0 Å². The Balaban J connectivity index is 1.58. The van der Waals surface area contributed by atoms with Gasteiger partial charge in [-0.05, 0) is 54.9 Å². The second-order valence-corrected chi connectivity index (χ2v) is 7.51. The molecule has 0 radical (unpaired) electrons. The first kappa shape index (κ1) is 20.7. The van der Waals surface area contributed by atoms with E-state index < -0.39 is 10.7 Å². The summed E-state index contributed by atoms with van der Waals surface area (Å²) in [5.74, 6) is -0.513. The van der Waals surface area contributed by atoms with E-state index >= 15 is 0 Å². The van der Waals surface area contributed by atoms with Gasteiger partial charge >= 0.3 is 5.69 Å². The molecule has 8 nitrogen and oxygen atoms in total. The number of nitrogens with zero attached hydrogens (tertiary/aromatic N) is 2. The number of halogens is 1. The van der Waals surface area contributed by atoms with Crippen LogP contribution in [-0.2, 0) is 11.4 Å². The van der Waals surface area contributed by atoms with Gasteiger partial charge in [-0.15, -0.1) is 0 Å². The fourth-order valence-electron chi connectivity index (χ4n) is 3.29. The molecular formula is C21H18FN3O5S. The van der Waals surface area contributed by atoms with Crippen LogP contribution < -0.4 is 14.8 Å². The number of thiocarbonyl (C=S) groups is 1. The van der Waals surface area contributed by atoms with Crippen molar-refractivity contribution in [1.29, 1.82) is 0 Å². The summed E-state index contributed by atoms with van der Waals surface area (Å²) >= 11 is 5.26. The van der Waals surface area contributed by atoms with Crippen LogP contribution in [0.25, 0.3) is 6.08 Å². The highest BCUT2D eigenvalue weighted by atomic mass is 32.1. The molecule has 1 aliphatic carbocycles. The average molecular weight is 443 g/mol. The van der Waals surface area contributed by atoms with Crippen LogP contribution in [0.15, 0.2) is 42.1 Å². The molecule has 1 aliphatic heterocycles. The molecular weight excluding hydrogens is 425 g/mol. The molecule has 160 valence electrons. The highest BCUT2D eigenvalue weighted by molar-refractivity contribution is 7.80. The first-order chi connectivity index (χ1) is 14.9. The Morgan fingerprint density at radius 2 is 2.06 bits per heavy atom. The van der Waals surface area contributed by atoms with Gasteiger partial charge in [0.1, 0.15) is 23.9 Å². The van der Waals surface area contributed by atoms with E-state index in [1.54, 1.807) is 29.2 Å². The summed E-state index contributed by atoms with van der Waals surface area (Å²) < 4.78 is 24.4. The lowest BCUT2D eigenvalue weighted by molar-refractivity contribution is -0.386. The molecule has 2 fully saturated rings. The van der Waals surface area contributed by atoms with E-state index in [4.69, 9.17) is 21.7 Å². The Bertz CT molecular complexity index is 1120. The lowest BCUT2D eigenvalue weighted by Crippen LogP contribution is -2.32. The van der Waals surface area contributed by atoms with Gasteiger partial charge in [0.2, 0.25) is 0 Å². The minimum absolute atomic E-state index is 0.0987. The molecule has 4 rings (SSSR count). The van der Waals surface area contributed by atoms with Crippen molar-refractivity contribution in [3.8, 4) is 11.5 Å². The van der Waals surface area contributed by atoms with E-state index in [0.717, 1.165) is 31.0 Å². The average Bonchev–Trinajstić information content (AvgIpc) is 3.52. The predicted molar refractivity (Wildman–Crippen MR) is 114 cm³/mol. The van der Waals surface area contributed by atoms with Gasteiger partial charge in [-0.3, -0.25) is 19.8 Å². The van der Waals surface area contributed by atoms with Crippen molar-refractivity contribution in [3.05, 3.63) is 69.2 Å². The third-order valence-electron chi connectivity index (χ3n) is 4.94. The number of hydrogen-bond donors (Lipinski definition) is 1. The van der Waals surface area contributed by atoms with E-state index in [1.807, 2.05) is 0 Å². The maximum atomic E-state index is 13.5. The number of nitrogens with one attached hydrogen (secondary N) is 1. The summed E-state index contributed by atoms with van der Waals surface area (Å²) in [5.41, 5.74) is 1.29. The number of ether oxygens (including phenoxy) is 2. The van der Waals surface area contributed by atoms with Gasteiger partial charge in [0.15, 0.2) is 10.9 Å². The number of carbonyl (C=O) groups excluding carboxylic acids is 1. The summed E-state index contributed by atoms with van der Waals surface area (Å²) in [6.45, 7) is -0.0987. The zero-order valence-electron chi connectivity index (χ0n) is 16.5. The van der Waals surface area contributed by atoms with Crippen LogP contribution >= 0.6 is 12.2 Å². The molecule has 2 aromatic rings. The molecule has 0 unspecified atom stereocenters. The van der Waals surface area contributed by atoms with Crippen molar-refractivity contribution in [2.75, 3.05) is 7.11 Å². The molecule has 1 saturated heterocycles. The standard InChI is InChI=1S/C21H18FN3O5S/c1-29-18-7-2-12(9-16-20(26)24(15-4-5-15)21(31)23-16)8-13(18)11-30-19-10-14(22)3-6-17(19)25(27)28/h2-3,6-10,15H,4-5,11H2,1H3,(H,23,31)/b16-9-. The summed E-state index contributed by atoms with van der Waals surface area (Å²) in [6, 6.07) is 8.37. The molecule has 0 bridgehead atoms. The van der Waals surface area contributed by atoms with Crippen molar-refractivity contribution in [1.82, 2.24) is 10.2 Å².